The SMILES string of the molecule is CCOc1ccc(C)cc1.CS/C(C=O)=C(/C)N(C)CCO. The van der Waals surface area contributed by atoms with Gasteiger partial charge in [-0.25, -0.2) is 0 Å². The van der Waals surface area contributed by atoms with Gasteiger partial charge in [0.2, 0.25) is 0 Å². The summed E-state index contributed by atoms with van der Waals surface area (Å²) in [6, 6.07) is 8.06. The molecule has 124 valence electrons. The van der Waals surface area contributed by atoms with Crippen LogP contribution in [0.4, 0.5) is 0 Å². The average Bonchev–Trinajstić information content (AvgIpc) is 2.52. The first-order valence-electron chi connectivity index (χ1n) is 7.21. The topological polar surface area (TPSA) is 49.8 Å². The summed E-state index contributed by atoms with van der Waals surface area (Å²) in [6.45, 7) is 7.33. The van der Waals surface area contributed by atoms with E-state index >= 15 is 0 Å². The Hall–Kier alpha value is -1.46. The van der Waals surface area contributed by atoms with E-state index in [2.05, 4.69) is 6.92 Å². The summed E-state index contributed by atoms with van der Waals surface area (Å²) in [5.41, 5.74) is 2.18. The minimum absolute atomic E-state index is 0.106. The molecule has 5 heteroatoms. The Morgan fingerprint density at radius 2 is 1.95 bits per heavy atom. The molecule has 0 aliphatic carbocycles. The molecule has 0 aliphatic heterocycles. The second-order valence-corrected chi connectivity index (χ2v) is 5.51. The summed E-state index contributed by atoms with van der Waals surface area (Å²) in [6.07, 6.45) is 2.70. The Morgan fingerprint density at radius 1 is 1.36 bits per heavy atom. The van der Waals surface area contributed by atoms with Crippen LogP contribution in [0.1, 0.15) is 19.4 Å². The van der Waals surface area contributed by atoms with Gasteiger partial charge in [-0.05, 0) is 39.2 Å². The van der Waals surface area contributed by atoms with Gasteiger partial charge >= 0.3 is 0 Å². The lowest BCUT2D eigenvalue weighted by Gasteiger charge is -2.19. The number of carbonyl (C=O) groups excluding carboxylic acids is 1. The Labute approximate surface area is 138 Å². The third-order valence-electron chi connectivity index (χ3n) is 3.02. The second kappa shape index (κ2) is 12.1. The van der Waals surface area contributed by atoms with Gasteiger partial charge in [0.1, 0.15) is 5.75 Å². The van der Waals surface area contributed by atoms with Gasteiger partial charge in [-0.1, -0.05) is 17.7 Å². The quantitative estimate of drug-likeness (QED) is 0.617. The average molecular weight is 325 g/mol. The lowest BCUT2D eigenvalue weighted by molar-refractivity contribution is -0.104. The molecule has 22 heavy (non-hydrogen) atoms. The van der Waals surface area contributed by atoms with Gasteiger partial charge in [0.15, 0.2) is 6.29 Å². The lowest BCUT2D eigenvalue weighted by atomic mass is 10.2. The van der Waals surface area contributed by atoms with Gasteiger partial charge in [-0.3, -0.25) is 4.79 Å². The van der Waals surface area contributed by atoms with E-state index in [1.54, 1.807) is 0 Å². The van der Waals surface area contributed by atoms with Gasteiger partial charge in [0.25, 0.3) is 0 Å². The minimum atomic E-state index is 0.106. The maximum atomic E-state index is 10.5. The normalized spacial score (nSPS) is 11.0. The van der Waals surface area contributed by atoms with Crippen LogP contribution >= 0.6 is 11.8 Å². The molecule has 1 aromatic rings. The summed E-state index contributed by atoms with van der Waals surface area (Å²) >= 11 is 1.42. The predicted octanol–water partition coefficient (Wildman–Crippen LogP) is 3.10. The van der Waals surface area contributed by atoms with Gasteiger partial charge in [0, 0.05) is 19.3 Å². The second-order valence-electron chi connectivity index (χ2n) is 4.66. The zero-order valence-electron chi connectivity index (χ0n) is 14.1. The van der Waals surface area contributed by atoms with Crippen molar-refractivity contribution in [1.29, 1.82) is 0 Å². The number of hydrogen-bond donors (Lipinski definition) is 1. The van der Waals surface area contributed by atoms with E-state index in [4.69, 9.17) is 9.84 Å². The fourth-order valence-electron chi connectivity index (χ4n) is 1.59. The number of ether oxygens (including phenoxy) is 1. The molecule has 1 aromatic carbocycles. The molecular formula is C17H27NO3S. The fraction of sp³-hybridized carbons (Fsp3) is 0.471. The largest absolute Gasteiger partial charge is 0.494 e. The summed E-state index contributed by atoms with van der Waals surface area (Å²) in [5.74, 6) is 0.952. The predicted molar refractivity (Wildman–Crippen MR) is 94.3 cm³/mol. The van der Waals surface area contributed by atoms with Crippen molar-refractivity contribution in [2.45, 2.75) is 20.8 Å². The molecule has 0 unspecified atom stereocenters. The number of carbonyl (C=O) groups is 1. The van der Waals surface area contributed by atoms with Crippen LogP contribution in [-0.4, -0.2) is 49.4 Å². The number of aryl methyl sites for hydroxylation is 1. The van der Waals surface area contributed by atoms with Crippen molar-refractivity contribution in [3.63, 3.8) is 0 Å². The smallest absolute Gasteiger partial charge is 0.158 e. The highest BCUT2D eigenvalue weighted by atomic mass is 32.2. The Morgan fingerprint density at radius 3 is 2.36 bits per heavy atom. The van der Waals surface area contributed by atoms with Gasteiger partial charge < -0.3 is 14.7 Å². The number of aliphatic hydroxyl groups excluding tert-OH is 1. The van der Waals surface area contributed by atoms with Gasteiger partial charge in [0.05, 0.1) is 18.1 Å². The number of aldehydes is 1. The molecule has 0 bridgehead atoms. The van der Waals surface area contributed by atoms with E-state index in [0.717, 1.165) is 24.3 Å². The zero-order valence-corrected chi connectivity index (χ0v) is 14.9. The fourth-order valence-corrected chi connectivity index (χ4v) is 2.14. The molecule has 0 amide bonds. The van der Waals surface area contributed by atoms with Crippen LogP contribution in [0.25, 0.3) is 0 Å². The van der Waals surface area contributed by atoms with Crippen molar-refractivity contribution in [3.05, 3.63) is 40.4 Å². The third kappa shape index (κ3) is 8.10. The van der Waals surface area contributed by atoms with Crippen LogP contribution in [0.3, 0.4) is 0 Å². The molecule has 0 fully saturated rings. The first kappa shape index (κ1) is 20.5. The van der Waals surface area contributed by atoms with E-state index in [9.17, 15) is 4.79 Å². The van der Waals surface area contributed by atoms with E-state index in [1.807, 2.05) is 56.3 Å². The number of nitrogens with zero attached hydrogens (tertiary/aromatic N) is 1. The summed E-state index contributed by atoms with van der Waals surface area (Å²) in [4.78, 5) is 13.1. The number of hydrogen-bond acceptors (Lipinski definition) is 5. The first-order valence-corrected chi connectivity index (χ1v) is 8.44. The lowest BCUT2D eigenvalue weighted by Crippen LogP contribution is -2.21. The maximum absolute atomic E-state index is 10.5. The molecule has 0 radical (unpaired) electrons. The van der Waals surface area contributed by atoms with Crippen molar-refractivity contribution in [2.75, 3.05) is 33.1 Å². The van der Waals surface area contributed by atoms with E-state index in [-0.39, 0.29) is 6.61 Å². The highest BCUT2D eigenvalue weighted by Gasteiger charge is 2.04. The molecule has 0 saturated carbocycles. The summed E-state index contributed by atoms with van der Waals surface area (Å²) in [5, 5.41) is 8.65. The standard InChI is InChI=1S/C9H12O.C8H15NO2S/c1-3-10-9-6-4-8(2)5-7-9;1-7(8(6-11)12-3)9(2)4-5-10/h4-7H,3H2,1-2H3;6,10H,4-5H2,1-3H3/b;8-7-. The molecular weight excluding hydrogens is 298 g/mol. The molecule has 1 rings (SSSR count). The molecule has 0 atom stereocenters. The number of aliphatic hydroxyl groups is 1. The van der Waals surface area contributed by atoms with Crippen LogP contribution in [-0.2, 0) is 4.79 Å². The molecule has 0 spiro atoms. The molecule has 1 N–H and O–H groups in total. The van der Waals surface area contributed by atoms with E-state index < -0.39 is 0 Å². The zero-order chi connectivity index (χ0) is 17.0. The third-order valence-corrected chi connectivity index (χ3v) is 3.85. The Balaban J connectivity index is 0.000000406. The Kier molecular flexibility index (Phi) is 11.3. The monoisotopic (exact) mass is 325 g/mol. The number of allylic oxidation sites excluding steroid dienone is 2. The first-order chi connectivity index (χ1) is 10.5. The molecule has 0 aromatic heterocycles. The van der Waals surface area contributed by atoms with E-state index in [1.165, 1.54) is 17.3 Å². The van der Waals surface area contributed by atoms with Crippen LogP contribution in [0.2, 0.25) is 0 Å². The van der Waals surface area contributed by atoms with Crippen molar-refractivity contribution < 1.29 is 14.6 Å². The van der Waals surface area contributed by atoms with Gasteiger partial charge in [-0.15, -0.1) is 11.8 Å². The van der Waals surface area contributed by atoms with Crippen LogP contribution in [0.15, 0.2) is 34.9 Å². The van der Waals surface area contributed by atoms with Crippen molar-refractivity contribution >= 4 is 18.0 Å². The highest BCUT2D eigenvalue weighted by Crippen LogP contribution is 2.15. The number of rotatable bonds is 7. The molecule has 0 aliphatic rings. The number of likely N-dealkylation sites (N-methyl/N-ethyl adjacent to an activating group) is 1. The highest BCUT2D eigenvalue weighted by molar-refractivity contribution is 8.03. The summed E-state index contributed by atoms with van der Waals surface area (Å²) < 4.78 is 5.26. The van der Waals surface area contributed by atoms with Crippen LogP contribution < -0.4 is 4.74 Å². The summed E-state index contributed by atoms with van der Waals surface area (Å²) in [7, 11) is 1.85. The minimum Gasteiger partial charge on any atom is -0.494 e. The van der Waals surface area contributed by atoms with Gasteiger partial charge in [-0.2, -0.15) is 0 Å². The van der Waals surface area contributed by atoms with Crippen molar-refractivity contribution in [2.24, 2.45) is 0 Å². The number of benzene rings is 1. The maximum Gasteiger partial charge on any atom is 0.158 e. The Bertz CT molecular complexity index is 457. The van der Waals surface area contributed by atoms with Crippen LogP contribution in [0.5, 0.6) is 5.75 Å². The number of thioether (sulfide) groups is 1. The van der Waals surface area contributed by atoms with Crippen molar-refractivity contribution in [1.82, 2.24) is 4.90 Å². The molecule has 0 saturated heterocycles. The molecule has 4 nitrogen and oxygen atoms in total. The molecule has 0 heterocycles. The van der Waals surface area contributed by atoms with Crippen molar-refractivity contribution in [3.8, 4) is 5.75 Å². The van der Waals surface area contributed by atoms with E-state index in [0.29, 0.717) is 11.4 Å². The van der Waals surface area contributed by atoms with Crippen LogP contribution in [0, 0.1) is 6.92 Å².